The van der Waals surface area contributed by atoms with Gasteiger partial charge in [0.1, 0.15) is 5.60 Å². The van der Waals surface area contributed by atoms with Crippen LogP contribution in [0.25, 0.3) is 11.3 Å². The number of aryl methyl sites for hydroxylation is 1. The van der Waals surface area contributed by atoms with Gasteiger partial charge < -0.3 is 19.7 Å². The van der Waals surface area contributed by atoms with Crippen molar-refractivity contribution in [2.24, 2.45) is 7.05 Å². The SMILES string of the molecule is CC(=O)c1nc(-c2ccc(C[C@@H](CCO)NC(=O)OC(C)(C)C)cc2)cn1C. The predicted molar refractivity (Wildman–Crippen MR) is 107 cm³/mol. The number of hydrogen-bond acceptors (Lipinski definition) is 5. The van der Waals surface area contributed by atoms with Gasteiger partial charge in [0.2, 0.25) is 0 Å². The van der Waals surface area contributed by atoms with E-state index in [1.165, 1.54) is 6.92 Å². The molecular weight excluding hydrogens is 358 g/mol. The van der Waals surface area contributed by atoms with Crippen molar-refractivity contribution >= 4 is 11.9 Å². The van der Waals surface area contributed by atoms with E-state index < -0.39 is 11.7 Å². The van der Waals surface area contributed by atoms with Crippen molar-refractivity contribution in [1.82, 2.24) is 14.9 Å². The molecule has 0 aliphatic carbocycles. The highest BCUT2D eigenvalue weighted by Crippen LogP contribution is 2.20. The van der Waals surface area contributed by atoms with Crippen LogP contribution in [0, 0.1) is 0 Å². The number of carbonyl (C=O) groups is 2. The van der Waals surface area contributed by atoms with Crippen LogP contribution in [0.5, 0.6) is 0 Å². The number of aromatic nitrogens is 2. The Bertz CT molecular complexity index is 819. The predicted octanol–water partition coefficient (Wildman–Crippen LogP) is 3.11. The largest absolute Gasteiger partial charge is 0.444 e. The van der Waals surface area contributed by atoms with Crippen molar-refractivity contribution in [3.05, 3.63) is 41.9 Å². The molecule has 1 heterocycles. The molecule has 0 aliphatic rings. The maximum absolute atomic E-state index is 12.0. The number of nitrogens with one attached hydrogen (secondary N) is 1. The molecule has 1 atom stereocenters. The Morgan fingerprint density at radius 1 is 1.25 bits per heavy atom. The first kappa shape index (κ1) is 21.6. The van der Waals surface area contributed by atoms with Gasteiger partial charge >= 0.3 is 6.09 Å². The summed E-state index contributed by atoms with van der Waals surface area (Å²) in [5.74, 6) is 0.342. The van der Waals surface area contributed by atoms with E-state index in [1.54, 1.807) is 11.6 Å². The van der Waals surface area contributed by atoms with Crippen LogP contribution in [0.4, 0.5) is 4.79 Å². The van der Waals surface area contributed by atoms with Crippen LogP contribution in [0.2, 0.25) is 0 Å². The van der Waals surface area contributed by atoms with Gasteiger partial charge in [0.25, 0.3) is 0 Å². The zero-order valence-corrected chi connectivity index (χ0v) is 17.2. The summed E-state index contributed by atoms with van der Waals surface area (Å²) in [6.07, 6.45) is 2.34. The summed E-state index contributed by atoms with van der Waals surface area (Å²) >= 11 is 0. The summed E-state index contributed by atoms with van der Waals surface area (Å²) in [4.78, 5) is 28.0. The van der Waals surface area contributed by atoms with Crippen molar-refractivity contribution in [3.8, 4) is 11.3 Å². The van der Waals surface area contributed by atoms with Crippen LogP contribution < -0.4 is 5.32 Å². The molecule has 28 heavy (non-hydrogen) atoms. The summed E-state index contributed by atoms with van der Waals surface area (Å²) in [5.41, 5.74) is 2.08. The maximum Gasteiger partial charge on any atom is 0.407 e. The normalized spacial score (nSPS) is 12.5. The monoisotopic (exact) mass is 387 g/mol. The van der Waals surface area contributed by atoms with E-state index in [9.17, 15) is 14.7 Å². The molecule has 1 aromatic heterocycles. The van der Waals surface area contributed by atoms with E-state index in [2.05, 4.69) is 10.3 Å². The van der Waals surface area contributed by atoms with Crippen molar-refractivity contribution in [3.63, 3.8) is 0 Å². The minimum atomic E-state index is -0.573. The molecule has 0 saturated carbocycles. The molecule has 1 amide bonds. The second-order valence-electron chi connectivity index (χ2n) is 7.87. The number of Topliss-reactive ketones (excluding diaryl/α,β-unsaturated/α-hetero) is 1. The van der Waals surface area contributed by atoms with Crippen molar-refractivity contribution < 1.29 is 19.4 Å². The first-order valence-electron chi connectivity index (χ1n) is 9.33. The van der Waals surface area contributed by atoms with Gasteiger partial charge in [-0.15, -0.1) is 0 Å². The molecule has 152 valence electrons. The molecule has 0 fully saturated rings. The van der Waals surface area contributed by atoms with Crippen molar-refractivity contribution in [1.29, 1.82) is 0 Å². The Morgan fingerprint density at radius 2 is 1.89 bits per heavy atom. The van der Waals surface area contributed by atoms with Gasteiger partial charge in [0, 0.05) is 38.4 Å². The molecule has 0 unspecified atom stereocenters. The number of ether oxygens (including phenoxy) is 1. The Kier molecular flexibility index (Phi) is 6.96. The number of benzene rings is 1. The fourth-order valence-corrected chi connectivity index (χ4v) is 2.88. The molecule has 7 heteroatoms. The van der Waals surface area contributed by atoms with E-state index in [1.807, 2.05) is 51.2 Å². The summed E-state index contributed by atoms with van der Waals surface area (Å²) in [7, 11) is 1.80. The van der Waals surface area contributed by atoms with Crippen LogP contribution in [0.15, 0.2) is 30.5 Å². The smallest absolute Gasteiger partial charge is 0.407 e. The van der Waals surface area contributed by atoms with Crippen LogP contribution >= 0.6 is 0 Å². The highest BCUT2D eigenvalue weighted by atomic mass is 16.6. The van der Waals surface area contributed by atoms with E-state index in [4.69, 9.17) is 4.74 Å². The van der Waals surface area contributed by atoms with Gasteiger partial charge in [-0.2, -0.15) is 0 Å². The maximum atomic E-state index is 12.0. The number of hydrogen-bond donors (Lipinski definition) is 2. The molecule has 2 aromatic rings. The van der Waals surface area contributed by atoms with Gasteiger partial charge in [-0.25, -0.2) is 9.78 Å². The molecule has 1 aromatic carbocycles. The molecule has 2 rings (SSSR count). The third-order valence-corrected chi connectivity index (χ3v) is 4.12. The molecule has 7 nitrogen and oxygen atoms in total. The second kappa shape index (κ2) is 9.01. The van der Waals surface area contributed by atoms with Crippen LogP contribution in [-0.4, -0.2) is 44.8 Å². The first-order chi connectivity index (χ1) is 13.1. The number of amides is 1. The van der Waals surface area contributed by atoms with Crippen LogP contribution in [0.1, 0.15) is 50.3 Å². The summed E-state index contributed by atoms with van der Waals surface area (Å²) in [6, 6.07) is 7.55. The zero-order valence-electron chi connectivity index (χ0n) is 17.2. The van der Waals surface area contributed by atoms with Gasteiger partial charge in [0.15, 0.2) is 11.6 Å². The first-order valence-corrected chi connectivity index (χ1v) is 9.33. The van der Waals surface area contributed by atoms with E-state index in [0.29, 0.717) is 18.7 Å². The summed E-state index contributed by atoms with van der Waals surface area (Å²) in [6.45, 7) is 6.89. The highest BCUT2D eigenvalue weighted by molar-refractivity contribution is 5.91. The van der Waals surface area contributed by atoms with Crippen molar-refractivity contribution in [2.45, 2.75) is 52.2 Å². The lowest BCUT2D eigenvalue weighted by Gasteiger charge is -2.23. The lowest BCUT2D eigenvalue weighted by molar-refractivity contribution is 0.0497. The van der Waals surface area contributed by atoms with E-state index >= 15 is 0 Å². The second-order valence-corrected chi connectivity index (χ2v) is 7.87. The topological polar surface area (TPSA) is 93.4 Å². The van der Waals surface area contributed by atoms with Crippen molar-refractivity contribution in [2.75, 3.05) is 6.61 Å². The highest BCUT2D eigenvalue weighted by Gasteiger charge is 2.19. The average molecular weight is 387 g/mol. The Morgan fingerprint density at radius 3 is 2.39 bits per heavy atom. The Balaban J connectivity index is 2.07. The standard InChI is InChI=1S/C21H29N3O4/c1-14(26)19-23-18(13-24(19)5)16-8-6-15(7-9-16)12-17(10-11-25)22-20(27)28-21(2,3)4/h6-9,13,17,25H,10-12H2,1-5H3,(H,22,27)/t17-/m1/s1. The molecular formula is C21H29N3O4. The van der Waals surface area contributed by atoms with Crippen LogP contribution in [0.3, 0.4) is 0 Å². The number of ketones is 1. The fraction of sp³-hybridized carbons (Fsp3) is 0.476. The van der Waals surface area contributed by atoms with Gasteiger partial charge in [-0.3, -0.25) is 4.79 Å². The number of alkyl carbamates (subject to hydrolysis) is 1. The lowest BCUT2D eigenvalue weighted by Crippen LogP contribution is -2.40. The van der Waals surface area contributed by atoms with Gasteiger partial charge in [-0.05, 0) is 39.2 Å². The van der Waals surface area contributed by atoms with Gasteiger partial charge in [-0.1, -0.05) is 24.3 Å². The van der Waals surface area contributed by atoms with E-state index in [-0.39, 0.29) is 18.4 Å². The zero-order chi connectivity index (χ0) is 20.9. The Labute approximate surface area is 165 Å². The summed E-state index contributed by atoms with van der Waals surface area (Å²) < 4.78 is 7.01. The minimum absolute atomic E-state index is 0.0275. The number of carbonyl (C=O) groups excluding carboxylic acids is 2. The lowest BCUT2D eigenvalue weighted by atomic mass is 10.0. The fourth-order valence-electron chi connectivity index (χ4n) is 2.88. The molecule has 0 saturated heterocycles. The third-order valence-electron chi connectivity index (χ3n) is 4.12. The van der Waals surface area contributed by atoms with E-state index in [0.717, 1.165) is 16.8 Å². The molecule has 2 N–H and O–H groups in total. The molecule has 0 radical (unpaired) electrons. The van der Waals surface area contributed by atoms with Crippen LogP contribution in [-0.2, 0) is 18.2 Å². The average Bonchev–Trinajstić information content (AvgIpc) is 2.96. The van der Waals surface area contributed by atoms with Gasteiger partial charge in [0.05, 0.1) is 5.69 Å². The Hall–Kier alpha value is -2.67. The molecule has 0 aliphatic heterocycles. The number of imidazole rings is 1. The number of aliphatic hydroxyl groups is 1. The third kappa shape index (κ3) is 6.20. The minimum Gasteiger partial charge on any atom is -0.444 e. The number of rotatable bonds is 7. The number of aliphatic hydroxyl groups excluding tert-OH is 1. The molecule has 0 spiro atoms. The summed E-state index contributed by atoms with van der Waals surface area (Å²) in [5, 5.41) is 12.1. The number of nitrogens with zero attached hydrogens (tertiary/aromatic N) is 2. The molecule has 0 bridgehead atoms. The quantitative estimate of drug-likeness (QED) is 0.712.